The highest BCUT2D eigenvalue weighted by atomic mass is 32.2. The van der Waals surface area contributed by atoms with Crippen molar-refractivity contribution < 1.29 is 36.8 Å². The maximum Gasteiger partial charge on any atom is 0.165 e. The number of benzene rings is 4. The fraction of sp³-hybridized carbons (Fsp3) is 0.294. The zero-order valence-electron chi connectivity index (χ0n) is 25.2. The van der Waals surface area contributed by atoms with Crippen molar-refractivity contribution >= 4 is 9.84 Å². The fourth-order valence-electron chi connectivity index (χ4n) is 5.92. The number of hydrogen-bond donors (Lipinski definition) is 0. The van der Waals surface area contributed by atoms with E-state index in [1.54, 1.807) is 79.1 Å². The van der Waals surface area contributed by atoms with E-state index in [-0.39, 0.29) is 11.7 Å². The lowest BCUT2D eigenvalue weighted by Gasteiger charge is -2.26. The van der Waals surface area contributed by atoms with Crippen LogP contribution in [0.5, 0.6) is 34.5 Å². The van der Waals surface area contributed by atoms with Crippen LogP contribution in [0.4, 0.5) is 0 Å². The second kappa shape index (κ2) is 12.5. The Kier molecular flexibility index (Phi) is 8.73. The van der Waals surface area contributed by atoms with Crippen molar-refractivity contribution in [3.05, 3.63) is 106 Å². The summed E-state index contributed by atoms with van der Waals surface area (Å²) in [5, 5.41) is -1.09. The van der Waals surface area contributed by atoms with Crippen LogP contribution < -0.4 is 28.4 Å². The van der Waals surface area contributed by atoms with Crippen LogP contribution in [0.1, 0.15) is 44.5 Å². The van der Waals surface area contributed by atoms with E-state index in [4.69, 9.17) is 28.4 Å². The lowest BCUT2D eigenvalue weighted by molar-refractivity contribution is 0.388. The van der Waals surface area contributed by atoms with Gasteiger partial charge >= 0.3 is 0 Å². The minimum Gasteiger partial charge on any atom is -0.497 e. The zero-order valence-corrected chi connectivity index (χ0v) is 26.0. The van der Waals surface area contributed by atoms with Crippen molar-refractivity contribution in [1.29, 1.82) is 0 Å². The molecule has 0 amide bonds. The third-order valence-electron chi connectivity index (χ3n) is 7.98. The molecule has 1 aliphatic rings. The summed E-state index contributed by atoms with van der Waals surface area (Å²) in [6, 6.07) is 22.1. The molecule has 4 aromatic carbocycles. The lowest BCUT2D eigenvalue weighted by atomic mass is 9.84. The number of fused-ring (bicyclic) bond motifs is 2. The van der Waals surface area contributed by atoms with Gasteiger partial charge < -0.3 is 28.4 Å². The van der Waals surface area contributed by atoms with E-state index in [0.29, 0.717) is 51.9 Å². The molecular weight excluding hydrogens is 568 g/mol. The molecule has 9 heteroatoms. The van der Waals surface area contributed by atoms with Crippen LogP contribution in [-0.4, -0.2) is 51.1 Å². The molecule has 43 heavy (non-hydrogen) atoms. The molecule has 0 saturated carbocycles. The molecule has 8 nitrogen and oxygen atoms in total. The first-order chi connectivity index (χ1) is 20.8. The topological polar surface area (TPSA) is 89.5 Å². The van der Waals surface area contributed by atoms with Crippen LogP contribution in [0.15, 0.2) is 72.8 Å². The Balaban J connectivity index is 1.83. The minimum absolute atomic E-state index is 0.206. The summed E-state index contributed by atoms with van der Waals surface area (Å²) in [5.41, 5.74) is 4.34. The quantitative estimate of drug-likeness (QED) is 0.214. The highest BCUT2D eigenvalue weighted by molar-refractivity contribution is 7.91. The van der Waals surface area contributed by atoms with Crippen molar-refractivity contribution in [3.63, 3.8) is 0 Å². The van der Waals surface area contributed by atoms with E-state index in [0.717, 1.165) is 22.4 Å². The maximum atomic E-state index is 14.7. The maximum absolute atomic E-state index is 14.7. The lowest BCUT2D eigenvalue weighted by Crippen LogP contribution is -2.20. The normalized spacial score (nSPS) is 15.9. The second-order valence-corrected chi connectivity index (χ2v) is 12.4. The van der Waals surface area contributed by atoms with Crippen molar-refractivity contribution in [2.24, 2.45) is 0 Å². The van der Waals surface area contributed by atoms with Crippen molar-refractivity contribution in [2.75, 3.05) is 42.7 Å². The monoisotopic (exact) mass is 604 g/mol. The van der Waals surface area contributed by atoms with Gasteiger partial charge in [-0.3, -0.25) is 0 Å². The molecule has 4 aromatic rings. The first-order valence-electron chi connectivity index (χ1n) is 13.8. The molecule has 0 fully saturated rings. The van der Waals surface area contributed by atoms with E-state index >= 15 is 0 Å². The Hall–Kier alpha value is -4.37. The molecule has 0 aliphatic heterocycles. The van der Waals surface area contributed by atoms with E-state index in [2.05, 4.69) is 0 Å². The molecule has 1 aliphatic carbocycles. The molecule has 226 valence electrons. The summed E-state index contributed by atoms with van der Waals surface area (Å²) < 4.78 is 63.2. The van der Waals surface area contributed by atoms with E-state index in [9.17, 15) is 8.42 Å². The molecule has 0 aromatic heterocycles. The first kappa shape index (κ1) is 30.1. The van der Waals surface area contributed by atoms with Gasteiger partial charge in [0.05, 0.1) is 48.4 Å². The second-order valence-electron chi connectivity index (χ2n) is 10.3. The Morgan fingerprint density at radius 2 is 1.12 bits per heavy atom. The number of sulfone groups is 1. The third-order valence-corrected chi connectivity index (χ3v) is 9.92. The molecule has 2 atom stereocenters. The zero-order chi connectivity index (χ0) is 30.7. The summed E-state index contributed by atoms with van der Waals surface area (Å²) in [6.07, 6.45) is 0.472. The number of hydrogen-bond acceptors (Lipinski definition) is 8. The SMILES string of the molecule is COc1ccc(CS(=O)(=O)C2c3cc(OC)cc(OC)c3[C@@H](c3ccc(OC)cc3)Cc3cc(OC)cc(OC)c32)cc1. The van der Waals surface area contributed by atoms with Crippen LogP contribution in [0.25, 0.3) is 0 Å². The van der Waals surface area contributed by atoms with Gasteiger partial charge in [-0.15, -0.1) is 0 Å². The van der Waals surface area contributed by atoms with Crippen LogP contribution in [0.3, 0.4) is 0 Å². The Morgan fingerprint density at radius 1 is 0.605 bits per heavy atom. The highest BCUT2D eigenvalue weighted by Crippen LogP contribution is 2.52. The Bertz CT molecular complexity index is 1700. The van der Waals surface area contributed by atoms with Gasteiger partial charge in [0.15, 0.2) is 9.84 Å². The average molecular weight is 605 g/mol. The van der Waals surface area contributed by atoms with E-state index in [1.807, 2.05) is 36.4 Å². The van der Waals surface area contributed by atoms with Gasteiger partial charge in [0.25, 0.3) is 0 Å². The van der Waals surface area contributed by atoms with E-state index in [1.165, 1.54) is 0 Å². The molecule has 0 bridgehead atoms. The minimum atomic E-state index is -3.92. The number of methoxy groups -OCH3 is 6. The molecular formula is C34H36O8S. The summed E-state index contributed by atoms with van der Waals surface area (Å²) >= 11 is 0. The van der Waals surface area contributed by atoms with Crippen LogP contribution >= 0.6 is 0 Å². The van der Waals surface area contributed by atoms with E-state index < -0.39 is 15.1 Å². The Labute approximate surface area is 253 Å². The fourth-order valence-corrected chi connectivity index (χ4v) is 7.95. The van der Waals surface area contributed by atoms with Crippen molar-refractivity contribution in [1.82, 2.24) is 0 Å². The predicted octanol–water partition coefficient (Wildman–Crippen LogP) is 6.13. The smallest absolute Gasteiger partial charge is 0.165 e. The Morgan fingerprint density at radius 3 is 1.65 bits per heavy atom. The standard InChI is InChI=1S/C34H36O8S/c1-37-24-11-7-21(8-12-24)20-43(35,36)34-29-17-27(40-4)19-31(42-6)33(29)28(22-9-13-25(38-2)14-10-22)16-23-15-26(39-3)18-30(41-5)32(23)34/h7-15,17-19,28,34H,16,20H2,1-6H3/t28-,34?/m1/s1. The molecule has 0 spiro atoms. The molecule has 0 saturated heterocycles. The summed E-state index contributed by atoms with van der Waals surface area (Å²) in [7, 11) is 5.55. The van der Waals surface area contributed by atoms with Gasteiger partial charge in [0.1, 0.15) is 39.7 Å². The van der Waals surface area contributed by atoms with Gasteiger partial charge in [-0.2, -0.15) is 0 Å². The van der Waals surface area contributed by atoms with Crippen LogP contribution in [0.2, 0.25) is 0 Å². The van der Waals surface area contributed by atoms with Gasteiger partial charge in [-0.05, 0) is 65.1 Å². The molecule has 0 radical (unpaired) electrons. The highest BCUT2D eigenvalue weighted by Gasteiger charge is 2.41. The van der Waals surface area contributed by atoms with Crippen LogP contribution in [0, 0.1) is 0 Å². The predicted molar refractivity (Wildman–Crippen MR) is 165 cm³/mol. The third kappa shape index (κ3) is 5.82. The molecule has 1 unspecified atom stereocenters. The number of rotatable bonds is 10. The van der Waals surface area contributed by atoms with Gasteiger partial charge in [-0.25, -0.2) is 8.42 Å². The molecule has 0 heterocycles. The summed E-state index contributed by atoms with van der Waals surface area (Å²) in [4.78, 5) is 0. The van der Waals surface area contributed by atoms with Crippen LogP contribution in [-0.2, 0) is 22.0 Å². The van der Waals surface area contributed by atoms with Gasteiger partial charge in [-0.1, -0.05) is 24.3 Å². The largest absolute Gasteiger partial charge is 0.497 e. The average Bonchev–Trinajstić information content (AvgIpc) is 3.19. The molecule has 0 N–H and O–H groups in total. The molecule has 5 rings (SSSR count). The van der Waals surface area contributed by atoms with Crippen molar-refractivity contribution in [3.8, 4) is 34.5 Å². The van der Waals surface area contributed by atoms with Gasteiger partial charge in [0, 0.05) is 29.2 Å². The summed E-state index contributed by atoms with van der Waals surface area (Å²) in [5.74, 6) is 2.94. The number of ether oxygens (including phenoxy) is 6. The van der Waals surface area contributed by atoms with Crippen molar-refractivity contribution in [2.45, 2.75) is 23.3 Å². The van der Waals surface area contributed by atoms with Gasteiger partial charge in [0.2, 0.25) is 0 Å². The summed E-state index contributed by atoms with van der Waals surface area (Å²) in [6.45, 7) is 0. The first-order valence-corrected chi connectivity index (χ1v) is 15.5.